The van der Waals surface area contributed by atoms with Crippen molar-refractivity contribution in [2.75, 3.05) is 26.2 Å². The predicted octanol–water partition coefficient (Wildman–Crippen LogP) is 5.00. The summed E-state index contributed by atoms with van der Waals surface area (Å²) >= 11 is 0. The van der Waals surface area contributed by atoms with Crippen LogP contribution in [0.5, 0.6) is 0 Å². The Labute approximate surface area is 174 Å². The van der Waals surface area contributed by atoms with Crippen LogP contribution in [0.2, 0.25) is 0 Å². The minimum Gasteiger partial charge on any atom is -0.297 e. The van der Waals surface area contributed by atoms with Crippen molar-refractivity contribution in [1.29, 1.82) is 0 Å². The third kappa shape index (κ3) is 3.88. The van der Waals surface area contributed by atoms with Crippen molar-refractivity contribution in [2.45, 2.75) is 32.4 Å². The van der Waals surface area contributed by atoms with Gasteiger partial charge < -0.3 is 0 Å². The molecule has 5 rings (SSSR count). The molecular weight excluding hydrogens is 352 g/mol. The summed E-state index contributed by atoms with van der Waals surface area (Å²) in [6.07, 6.45) is 2.30. The molecular formula is C27H30N2. The summed E-state index contributed by atoms with van der Waals surface area (Å²) in [7, 11) is 0. The van der Waals surface area contributed by atoms with Gasteiger partial charge in [-0.2, -0.15) is 0 Å². The highest BCUT2D eigenvalue weighted by Crippen LogP contribution is 2.37. The highest BCUT2D eigenvalue weighted by Gasteiger charge is 2.30. The van der Waals surface area contributed by atoms with Gasteiger partial charge in [0.1, 0.15) is 0 Å². The first kappa shape index (κ1) is 18.6. The van der Waals surface area contributed by atoms with E-state index in [1.165, 1.54) is 33.4 Å². The highest BCUT2D eigenvalue weighted by molar-refractivity contribution is 5.44. The van der Waals surface area contributed by atoms with Gasteiger partial charge in [-0.05, 0) is 47.6 Å². The Balaban J connectivity index is 1.38. The number of hydrogen-bond donors (Lipinski definition) is 0. The number of piperazine rings is 1. The van der Waals surface area contributed by atoms with E-state index in [0.717, 1.165) is 45.6 Å². The van der Waals surface area contributed by atoms with Crippen LogP contribution in [0.15, 0.2) is 72.8 Å². The molecule has 3 aromatic carbocycles. The van der Waals surface area contributed by atoms with Gasteiger partial charge in [0.05, 0.1) is 6.04 Å². The number of fused-ring (bicyclic) bond motifs is 2. The van der Waals surface area contributed by atoms with Crippen LogP contribution >= 0.6 is 0 Å². The molecule has 2 nitrogen and oxygen atoms in total. The molecule has 1 saturated heterocycles. The number of benzene rings is 3. The largest absolute Gasteiger partial charge is 0.297 e. The zero-order valence-corrected chi connectivity index (χ0v) is 17.3. The summed E-state index contributed by atoms with van der Waals surface area (Å²) in [4.78, 5) is 5.33. The summed E-state index contributed by atoms with van der Waals surface area (Å²) in [6.45, 7) is 7.76. The van der Waals surface area contributed by atoms with Crippen LogP contribution in [0.3, 0.4) is 0 Å². The molecule has 2 heteroatoms. The second-order valence-corrected chi connectivity index (χ2v) is 8.60. The molecule has 29 heavy (non-hydrogen) atoms. The molecule has 0 aromatic heterocycles. The highest BCUT2D eigenvalue weighted by atomic mass is 15.3. The second-order valence-electron chi connectivity index (χ2n) is 8.60. The fraction of sp³-hybridized carbons (Fsp3) is 0.333. The van der Waals surface area contributed by atoms with E-state index in [4.69, 9.17) is 0 Å². The fourth-order valence-electron chi connectivity index (χ4n) is 5.14. The molecule has 0 radical (unpaired) electrons. The third-order valence-corrected chi connectivity index (χ3v) is 6.62. The van der Waals surface area contributed by atoms with Crippen LogP contribution in [-0.2, 0) is 19.4 Å². The maximum Gasteiger partial charge on any atom is 0.0608 e. The first-order valence-electron chi connectivity index (χ1n) is 11.0. The maximum atomic E-state index is 2.72. The molecule has 2 aliphatic rings. The minimum absolute atomic E-state index is 0.394. The number of nitrogens with zero attached hydrogens (tertiary/aromatic N) is 2. The van der Waals surface area contributed by atoms with E-state index in [1.807, 2.05) is 0 Å². The number of aryl methyl sites for hydroxylation is 3. The van der Waals surface area contributed by atoms with E-state index >= 15 is 0 Å². The lowest BCUT2D eigenvalue weighted by molar-refractivity contribution is 0.104. The molecule has 1 fully saturated rings. The van der Waals surface area contributed by atoms with Gasteiger partial charge in [0.25, 0.3) is 0 Å². The smallest absolute Gasteiger partial charge is 0.0608 e. The van der Waals surface area contributed by atoms with Crippen molar-refractivity contribution in [3.8, 4) is 0 Å². The van der Waals surface area contributed by atoms with Crippen molar-refractivity contribution >= 4 is 0 Å². The Hall–Kier alpha value is -2.42. The van der Waals surface area contributed by atoms with Crippen molar-refractivity contribution in [1.82, 2.24) is 9.80 Å². The van der Waals surface area contributed by atoms with Gasteiger partial charge in [-0.25, -0.2) is 0 Å². The Bertz CT molecular complexity index is 938. The van der Waals surface area contributed by atoms with Gasteiger partial charge in [-0.1, -0.05) is 78.4 Å². The summed E-state index contributed by atoms with van der Waals surface area (Å²) < 4.78 is 0. The molecule has 148 valence electrons. The van der Waals surface area contributed by atoms with E-state index in [2.05, 4.69) is 89.5 Å². The zero-order chi connectivity index (χ0) is 19.6. The topological polar surface area (TPSA) is 6.48 Å². The molecule has 1 heterocycles. The normalized spacial score (nSPS) is 18.1. The maximum absolute atomic E-state index is 2.72. The van der Waals surface area contributed by atoms with Crippen LogP contribution in [0, 0.1) is 6.92 Å². The van der Waals surface area contributed by atoms with E-state index in [0.29, 0.717) is 6.04 Å². The molecule has 0 unspecified atom stereocenters. The van der Waals surface area contributed by atoms with E-state index in [1.54, 1.807) is 0 Å². The third-order valence-electron chi connectivity index (χ3n) is 6.62. The lowest BCUT2D eigenvalue weighted by atomic mass is 9.92. The Kier molecular flexibility index (Phi) is 5.22. The summed E-state index contributed by atoms with van der Waals surface area (Å²) in [5.41, 5.74) is 8.87. The van der Waals surface area contributed by atoms with Crippen LogP contribution in [0.25, 0.3) is 0 Å². The summed E-state index contributed by atoms with van der Waals surface area (Å²) in [6, 6.07) is 27.6. The van der Waals surface area contributed by atoms with E-state index in [-0.39, 0.29) is 0 Å². The number of rotatable bonds is 3. The predicted molar refractivity (Wildman–Crippen MR) is 120 cm³/mol. The molecule has 0 saturated carbocycles. The minimum atomic E-state index is 0.394. The SMILES string of the molecule is Cc1cccc(CN2CCN(C3c4ccccc4CCc4ccccc43)CC2)c1. The quantitative estimate of drug-likeness (QED) is 0.629. The Morgan fingerprint density at radius 1 is 0.724 bits per heavy atom. The van der Waals surface area contributed by atoms with E-state index in [9.17, 15) is 0 Å². The van der Waals surface area contributed by atoms with Crippen molar-refractivity contribution in [3.63, 3.8) is 0 Å². The van der Waals surface area contributed by atoms with E-state index < -0.39 is 0 Å². The van der Waals surface area contributed by atoms with Gasteiger partial charge in [0.2, 0.25) is 0 Å². The van der Waals surface area contributed by atoms with Crippen LogP contribution in [-0.4, -0.2) is 36.0 Å². The average Bonchev–Trinajstić information content (AvgIpc) is 2.91. The van der Waals surface area contributed by atoms with Gasteiger partial charge in [0, 0.05) is 32.7 Å². The molecule has 3 aromatic rings. The first-order chi connectivity index (χ1) is 14.3. The van der Waals surface area contributed by atoms with Crippen LogP contribution in [0.4, 0.5) is 0 Å². The Morgan fingerprint density at radius 2 is 1.34 bits per heavy atom. The van der Waals surface area contributed by atoms with Crippen molar-refractivity contribution in [2.24, 2.45) is 0 Å². The van der Waals surface area contributed by atoms with Gasteiger partial charge in [0.15, 0.2) is 0 Å². The lowest BCUT2D eigenvalue weighted by Gasteiger charge is -2.40. The van der Waals surface area contributed by atoms with Gasteiger partial charge >= 0.3 is 0 Å². The molecule has 0 spiro atoms. The molecule has 0 amide bonds. The second kappa shape index (κ2) is 8.14. The first-order valence-corrected chi connectivity index (χ1v) is 11.0. The van der Waals surface area contributed by atoms with Crippen molar-refractivity contribution < 1.29 is 0 Å². The monoisotopic (exact) mass is 382 g/mol. The van der Waals surface area contributed by atoms with Crippen LogP contribution in [0.1, 0.15) is 39.4 Å². The average molecular weight is 383 g/mol. The fourth-order valence-corrected chi connectivity index (χ4v) is 5.14. The molecule has 0 bridgehead atoms. The summed E-state index contributed by atoms with van der Waals surface area (Å²) in [5.74, 6) is 0. The molecule has 0 N–H and O–H groups in total. The molecule has 1 aliphatic heterocycles. The Morgan fingerprint density at radius 3 is 1.97 bits per heavy atom. The number of hydrogen-bond acceptors (Lipinski definition) is 2. The molecule has 0 atom stereocenters. The zero-order valence-electron chi connectivity index (χ0n) is 17.3. The van der Waals surface area contributed by atoms with Crippen LogP contribution < -0.4 is 0 Å². The summed E-state index contributed by atoms with van der Waals surface area (Å²) in [5, 5.41) is 0. The van der Waals surface area contributed by atoms with Gasteiger partial charge in [-0.15, -0.1) is 0 Å². The standard InChI is InChI=1S/C27H30N2/c1-21-7-6-8-22(19-21)20-28-15-17-29(18-16-28)27-25-11-4-2-9-23(25)13-14-24-10-3-5-12-26(24)27/h2-12,19,27H,13-18,20H2,1H3. The molecule has 1 aliphatic carbocycles. The van der Waals surface area contributed by atoms with Crippen molar-refractivity contribution in [3.05, 3.63) is 106 Å². The lowest BCUT2D eigenvalue weighted by Crippen LogP contribution is -2.47. The van der Waals surface area contributed by atoms with Gasteiger partial charge in [-0.3, -0.25) is 9.80 Å².